The molecule has 0 aromatic carbocycles. The molecule has 1 aromatic rings. The van der Waals surface area contributed by atoms with Crippen molar-refractivity contribution < 1.29 is 18.0 Å². The molecule has 0 saturated carbocycles. The third kappa shape index (κ3) is 2.45. The zero-order chi connectivity index (χ0) is 15.2. The largest absolute Gasteiger partial charge is 0.417 e. The number of pyridine rings is 1. The lowest BCUT2D eigenvalue weighted by atomic mass is 10.1. The standard InChI is InChI=1S/C14H16F3N3O/c1-9-13(21)19-6-2-3-11(19)8-20(9)12-5-4-10(7-18-12)14(15,16)17/h4-5,7,9,11H,2-3,6,8H2,1H3/t9-,11+/m1/s1. The van der Waals surface area contributed by atoms with Gasteiger partial charge in [-0.3, -0.25) is 4.79 Å². The van der Waals surface area contributed by atoms with Crippen LogP contribution in [0.2, 0.25) is 0 Å². The number of carbonyl (C=O) groups excluding carboxylic acids is 1. The quantitative estimate of drug-likeness (QED) is 0.798. The molecule has 2 saturated heterocycles. The van der Waals surface area contributed by atoms with E-state index in [0.29, 0.717) is 12.4 Å². The van der Waals surface area contributed by atoms with Gasteiger partial charge in [-0.05, 0) is 31.9 Å². The van der Waals surface area contributed by atoms with Crippen LogP contribution < -0.4 is 4.90 Å². The molecule has 114 valence electrons. The van der Waals surface area contributed by atoms with Crippen molar-refractivity contribution in [3.8, 4) is 0 Å². The number of alkyl halides is 3. The molecule has 4 nitrogen and oxygen atoms in total. The number of anilines is 1. The van der Waals surface area contributed by atoms with Gasteiger partial charge in [0.05, 0.1) is 5.56 Å². The number of halogens is 3. The second kappa shape index (κ2) is 4.89. The molecular weight excluding hydrogens is 283 g/mol. The van der Waals surface area contributed by atoms with Gasteiger partial charge in [0, 0.05) is 25.3 Å². The van der Waals surface area contributed by atoms with Gasteiger partial charge in [-0.2, -0.15) is 13.2 Å². The Morgan fingerprint density at radius 1 is 1.29 bits per heavy atom. The maximum atomic E-state index is 12.6. The molecule has 2 fully saturated rings. The van der Waals surface area contributed by atoms with Crippen LogP contribution in [0.25, 0.3) is 0 Å². The molecule has 0 aliphatic carbocycles. The van der Waals surface area contributed by atoms with E-state index in [-0.39, 0.29) is 18.0 Å². The van der Waals surface area contributed by atoms with Gasteiger partial charge < -0.3 is 9.80 Å². The van der Waals surface area contributed by atoms with Crippen LogP contribution in [0.4, 0.5) is 19.0 Å². The first kappa shape index (κ1) is 14.2. The first-order valence-corrected chi connectivity index (χ1v) is 6.98. The SMILES string of the molecule is C[C@@H]1C(=O)N2CCC[C@H]2CN1c1ccc(C(F)(F)F)cn1. The predicted molar refractivity (Wildman–Crippen MR) is 70.8 cm³/mol. The minimum atomic E-state index is -4.39. The van der Waals surface area contributed by atoms with E-state index in [9.17, 15) is 18.0 Å². The summed E-state index contributed by atoms with van der Waals surface area (Å²) in [5.74, 6) is 0.459. The highest BCUT2D eigenvalue weighted by atomic mass is 19.4. The van der Waals surface area contributed by atoms with Crippen molar-refractivity contribution in [2.24, 2.45) is 0 Å². The highest BCUT2D eigenvalue weighted by Gasteiger charge is 2.41. The Morgan fingerprint density at radius 3 is 2.67 bits per heavy atom. The van der Waals surface area contributed by atoms with Gasteiger partial charge >= 0.3 is 6.18 Å². The average molecular weight is 299 g/mol. The molecule has 0 bridgehead atoms. The van der Waals surface area contributed by atoms with E-state index in [1.54, 1.807) is 11.8 Å². The number of carbonyl (C=O) groups is 1. The summed E-state index contributed by atoms with van der Waals surface area (Å²) >= 11 is 0. The molecule has 21 heavy (non-hydrogen) atoms. The summed E-state index contributed by atoms with van der Waals surface area (Å²) in [7, 11) is 0. The Balaban J connectivity index is 1.84. The molecular formula is C14H16F3N3O. The van der Waals surface area contributed by atoms with E-state index in [1.807, 2.05) is 4.90 Å². The van der Waals surface area contributed by atoms with Crippen molar-refractivity contribution in [3.63, 3.8) is 0 Å². The number of piperazine rings is 1. The average Bonchev–Trinajstić information content (AvgIpc) is 2.90. The smallest absolute Gasteiger partial charge is 0.343 e. The fourth-order valence-corrected chi connectivity index (χ4v) is 3.09. The molecule has 1 aromatic heterocycles. The first-order chi connectivity index (χ1) is 9.88. The van der Waals surface area contributed by atoms with Crippen molar-refractivity contribution in [1.82, 2.24) is 9.88 Å². The Labute approximate surface area is 120 Å². The van der Waals surface area contributed by atoms with Gasteiger partial charge in [-0.15, -0.1) is 0 Å². The van der Waals surface area contributed by atoms with Gasteiger partial charge in [-0.1, -0.05) is 0 Å². The van der Waals surface area contributed by atoms with Crippen LogP contribution in [0.3, 0.4) is 0 Å². The van der Waals surface area contributed by atoms with E-state index < -0.39 is 11.7 Å². The van der Waals surface area contributed by atoms with Crippen LogP contribution in [0.15, 0.2) is 18.3 Å². The predicted octanol–water partition coefficient (Wildman–Crippen LogP) is 2.30. The van der Waals surface area contributed by atoms with E-state index in [4.69, 9.17) is 0 Å². The summed E-state index contributed by atoms with van der Waals surface area (Å²) in [4.78, 5) is 19.9. The second-order valence-corrected chi connectivity index (χ2v) is 5.56. The molecule has 2 aliphatic rings. The third-order valence-corrected chi connectivity index (χ3v) is 4.26. The number of aromatic nitrogens is 1. The summed E-state index contributed by atoms with van der Waals surface area (Å²) < 4.78 is 37.7. The van der Waals surface area contributed by atoms with Gasteiger partial charge in [0.15, 0.2) is 0 Å². The minimum Gasteiger partial charge on any atom is -0.343 e. The number of nitrogens with zero attached hydrogens (tertiary/aromatic N) is 3. The van der Waals surface area contributed by atoms with Crippen LogP contribution in [-0.2, 0) is 11.0 Å². The van der Waals surface area contributed by atoms with Gasteiger partial charge in [0.2, 0.25) is 5.91 Å². The van der Waals surface area contributed by atoms with E-state index in [1.165, 1.54) is 6.07 Å². The molecule has 0 unspecified atom stereocenters. The lowest BCUT2D eigenvalue weighted by Gasteiger charge is -2.42. The maximum absolute atomic E-state index is 12.6. The first-order valence-electron chi connectivity index (χ1n) is 6.98. The second-order valence-electron chi connectivity index (χ2n) is 5.56. The Kier molecular flexibility index (Phi) is 3.30. The highest BCUT2D eigenvalue weighted by molar-refractivity contribution is 5.86. The van der Waals surface area contributed by atoms with Crippen molar-refractivity contribution in [2.45, 2.75) is 38.0 Å². The van der Waals surface area contributed by atoms with Crippen LogP contribution in [0, 0.1) is 0 Å². The van der Waals surface area contributed by atoms with Crippen molar-refractivity contribution in [1.29, 1.82) is 0 Å². The zero-order valence-electron chi connectivity index (χ0n) is 11.6. The molecule has 0 spiro atoms. The topological polar surface area (TPSA) is 36.4 Å². The third-order valence-electron chi connectivity index (χ3n) is 4.26. The number of amides is 1. The number of hydrogen-bond acceptors (Lipinski definition) is 3. The molecule has 0 radical (unpaired) electrons. The zero-order valence-corrected chi connectivity index (χ0v) is 11.6. The molecule has 3 heterocycles. The summed E-state index contributed by atoms with van der Waals surface area (Å²) in [5, 5.41) is 0. The number of hydrogen-bond donors (Lipinski definition) is 0. The van der Waals surface area contributed by atoms with E-state index in [2.05, 4.69) is 4.98 Å². The monoisotopic (exact) mass is 299 g/mol. The summed E-state index contributed by atoms with van der Waals surface area (Å²) in [5.41, 5.74) is -0.773. The molecule has 0 N–H and O–H groups in total. The normalized spacial score (nSPS) is 26.2. The van der Waals surface area contributed by atoms with E-state index >= 15 is 0 Å². The molecule has 3 rings (SSSR count). The number of rotatable bonds is 1. The molecule has 2 aliphatic heterocycles. The van der Waals surface area contributed by atoms with Crippen LogP contribution in [0.1, 0.15) is 25.3 Å². The lowest BCUT2D eigenvalue weighted by Crippen LogP contribution is -2.59. The van der Waals surface area contributed by atoms with Crippen molar-refractivity contribution >= 4 is 11.7 Å². The fourth-order valence-electron chi connectivity index (χ4n) is 3.09. The fraction of sp³-hybridized carbons (Fsp3) is 0.571. The van der Waals surface area contributed by atoms with Crippen LogP contribution in [0.5, 0.6) is 0 Å². The molecule has 1 amide bonds. The Hall–Kier alpha value is -1.79. The summed E-state index contributed by atoms with van der Waals surface area (Å²) in [6.07, 6.45) is -1.64. The van der Waals surface area contributed by atoms with Gasteiger partial charge in [-0.25, -0.2) is 4.98 Å². The van der Waals surface area contributed by atoms with Crippen molar-refractivity contribution in [3.05, 3.63) is 23.9 Å². The highest BCUT2D eigenvalue weighted by Crippen LogP contribution is 2.32. The Morgan fingerprint density at radius 2 is 2.05 bits per heavy atom. The summed E-state index contributed by atoms with van der Waals surface area (Å²) in [6.45, 7) is 3.18. The lowest BCUT2D eigenvalue weighted by molar-refractivity contribution is -0.138. The summed E-state index contributed by atoms with van der Waals surface area (Å²) in [6, 6.07) is 2.12. The maximum Gasteiger partial charge on any atom is 0.417 e. The van der Waals surface area contributed by atoms with E-state index in [0.717, 1.165) is 31.6 Å². The van der Waals surface area contributed by atoms with Gasteiger partial charge in [0.1, 0.15) is 11.9 Å². The number of fused-ring (bicyclic) bond motifs is 1. The molecule has 2 atom stereocenters. The minimum absolute atomic E-state index is 0.0328. The molecule has 7 heteroatoms. The van der Waals surface area contributed by atoms with Crippen LogP contribution >= 0.6 is 0 Å². The Bertz CT molecular complexity index is 543. The van der Waals surface area contributed by atoms with Gasteiger partial charge in [0.25, 0.3) is 0 Å². The van der Waals surface area contributed by atoms with Crippen molar-refractivity contribution in [2.75, 3.05) is 18.0 Å². The van der Waals surface area contributed by atoms with Crippen LogP contribution in [-0.4, -0.2) is 41.0 Å².